The van der Waals surface area contributed by atoms with E-state index in [1.165, 1.54) is 32.1 Å². The summed E-state index contributed by atoms with van der Waals surface area (Å²) in [7, 11) is 0. The highest BCUT2D eigenvalue weighted by Crippen LogP contribution is 2.31. The van der Waals surface area contributed by atoms with Crippen LogP contribution in [0.1, 0.15) is 51.0 Å². The van der Waals surface area contributed by atoms with Gasteiger partial charge in [0, 0.05) is 36.4 Å². The quantitative estimate of drug-likeness (QED) is 0.879. The maximum atomic E-state index is 14.2. The second kappa shape index (κ2) is 6.13. The van der Waals surface area contributed by atoms with Crippen molar-refractivity contribution in [2.45, 2.75) is 64.1 Å². The van der Waals surface area contributed by atoms with Crippen LogP contribution in [-0.4, -0.2) is 18.6 Å². The molecule has 1 unspecified atom stereocenters. The summed E-state index contributed by atoms with van der Waals surface area (Å²) < 4.78 is 14.2. The maximum absolute atomic E-state index is 14.2. The molecule has 1 atom stereocenters. The number of hydrogen-bond acceptors (Lipinski definition) is 2. The molecule has 1 aliphatic heterocycles. The summed E-state index contributed by atoms with van der Waals surface area (Å²) in [6, 6.07) is 6.74. The molecule has 1 aromatic rings. The second-order valence-corrected chi connectivity index (χ2v) is 6.14. The van der Waals surface area contributed by atoms with Crippen molar-refractivity contribution in [3.63, 3.8) is 0 Å². The molecule has 0 bridgehead atoms. The zero-order valence-electron chi connectivity index (χ0n) is 12.4. The van der Waals surface area contributed by atoms with Gasteiger partial charge in [-0.05, 0) is 50.7 Å². The van der Waals surface area contributed by atoms with Crippen LogP contribution in [-0.2, 0) is 6.54 Å². The van der Waals surface area contributed by atoms with Crippen LogP contribution in [0.3, 0.4) is 0 Å². The summed E-state index contributed by atoms with van der Waals surface area (Å²) >= 11 is 0. The molecular formula is C17H25FN2. The molecule has 3 rings (SSSR count). The molecule has 0 spiro atoms. The van der Waals surface area contributed by atoms with E-state index in [9.17, 15) is 4.39 Å². The Hall–Kier alpha value is -1.09. The lowest BCUT2D eigenvalue weighted by molar-refractivity contribution is 0.447. The van der Waals surface area contributed by atoms with E-state index >= 15 is 0 Å². The van der Waals surface area contributed by atoms with Gasteiger partial charge >= 0.3 is 0 Å². The smallest absolute Gasteiger partial charge is 0.129 e. The average Bonchev–Trinajstić information content (AvgIpc) is 3.30. The average molecular weight is 276 g/mol. The van der Waals surface area contributed by atoms with Gasteiger partial charge in [0.2, 0.25) is 0 Å². The normalized spacial score (nSPS) is 23.1. The lowest BCUT2D eigenvalue weighted by Crippen LogP contribution is -2.40. The first-order valence-electron chi connectivity index (χ1n) is 8.07. The lowest BCUT2D eigenvalue weighted by atomic mass is 9.97. The van der Waals surface area contributed by atoms with Gasteiger partial charge in [-0.2, -0.15) is 0 Å². The molecule has 0 aromatic heterocycles. The summed E-state index contributed by atoms with van der Waals surface area (Å²) in [6.45, 7) is 3.97. The van der Waals surface area contributed by atoms with E-state index in [2.05, 4.69) is 23.2 Å². The third-order valence-electron chi connectivity index (χ3n) is 4.65. The van der Waals surface area contributed by atoms with Gasteiger partial charge in [-0.3, -0.25) is 0 Å². The highest BCUT2D eigenvalue weighted by molar-refractivity contribution is 5.55. The van der Waals surface area contributed by atoms with Crippen LogP contribution < -0.4 is 10.2 Å². The number of piperidine rings is 1. The van der Waals surface area contributed by atoms with E-state index in [0.29, 0.717) is 18.6 Å². The Bertz CT molecular complexity index is 456. The molecule has 1 saturated heterocycles. The van der Waals surface area contributed by atoms with E-state index in [0.717, 1.165) is 24.2 Å². The Kier molecular flexibility index (Phi) is 4.25. The molecule has 1 N–H and O–H groups in total. The fraction of sp³-hybridized carbons (Fsp3) is 0.647. The third kappa shape index (κ3) is 2.98. The van der Waals surface area contributed by atoms with Crippen LogP contribution >= 0.6 is 0 Å². The number of benzene rings is 1. The molecule has 2 nitrogen and oxygen atoms in total. The molecule has 3 heteroatoms. The van der Waals surface area contributed by atoms with E-state index < -0.39 is 0 Å². The van der Waals surface area contributed by atoms with Crippen molar-refractivity contribution in [2.24, 2.45) is 0 Å². The van der Waals surface area contributed by atoms with Crippen LogP contribution in [0, 0.1) is 5.82 Å². The Labute approximate surface area is 121 Å². The molecule has 1 saturated carbocycles. The Morgan fingerprint density at radius 3 is 2.85 bits per heavy atom. The highest BCUT2D eigenvalue weighted by Gasteiger charge is 2.26. The van der Waals surface area contributed by atoms with E-state index in [4.69, 9.17) is 0 Å². The lowest BCUT2D eigenvalue weighted by Gasteiger charge is -2.38. The van der Waals surface area contributed by atoms with Gasteiger partial charge in [0.15, 0.2) is 0 Å². The molecule has 2 fully saturated rings. The van der Waals surface area contributed by atoms with Gasteiger partial charge in [0.05, 0.1) is 0 Å². The van der Waals surface area contributed by atoms with Crippen molar-refractivity contribution in [1.29, 1.82) is 0 Å². The summed E-state index contributed by atoms with van der Waals surface area (Å²) in [4.78, 5) is 2.44. The largest absolute Gasteiger partial charge is 0.368 e. The van der Waals surface area contributed by atoms with Crippen molar-refractivity contribution < 1.29 is 4.39 Å². The minimum Gasteiger partial charge on any atom is -0.368 e. The fourth-order valence-electron chi connectivity index (χ4n) is 3.27. The van der Waals surface area contributed by atoms with Crippen LogP contribution in [0.15, 0.2) is 18.2 Å². The van der Waals surface area contributed by atoms with Gasteiger partial charge < -0.3 is 10.2 Å². The molecule has 1 aromatic carbocycles. The van der Waals surface area contributed by atoms with Crippen molar-refractivity contribution in [2.75, 3.05) is 11.4 Å². The molecule has 0 radical (unpaired) electrons. The number of anilines is 1. The van der Waals surface area contributed by atoms with Gasteiger partial charge in [0.1, 0.15) is 5.82 Å². The molecule has 110 valence electrons. The molecule has 1 aliphatic carbocycles. The SMILES string of the molecule is CCC1CCCCN1c1cccc(F)c1CNC1CC1. The first-order valence-corrected chi connectivity index (χ1v) is 8.07. The van der Waals surface area contributed by atoms with Crippen molar-refractivity contribution in [1.82, 2.24) is 5.32 Å². The van der Waals surface area contributed by atoms with E-state index in [1.807, 2.05) is 6.07 Å². The Morgan fingerprint density at radius 2 is 2.10 bits per heavy atom. The van der Waals surface area contributed by atoms with Crippen molar-refractivity contribution >= 4 is 5.69 Å². The molecule has 0 amide bonds. The molecule has 2 aliphatic rings. The minimum atomic E-state index is -0.0592. The number of rotatable bonds is 5. The number of hydrogen-bond donors (Lipinski definition) is 1. The van der Waals surface area contributed by atoms with Crippen LogP contribution in [0.4, 0.5) is 10.1 Å². The maximum Gasteiger partial charge on any atom is 0.129 e. The summed E-state index contributed by atoms with van der Waals surface area (Å²) in [6.07, 6.45) is 7.40. The summed E-state index contributed by atoms with van der Waals surface area (Å²) in [5.74, 6) is -0.0592. The molecule has 20 heavy (non-hydrogen) atoms. The molecule has 1 heterocycles. The first kappa shape index (κ1) is 13.9. The number of nitrogens with one attached hydrogen (secondary N) is 1. The predicted molar refractivity (Wildman–Crippen MR) is 81.5 cm³/mol. The van der Waals surface area contributed by atoms with Gasteiger partial charge in [-0.1, -0.05) is 13.0 Å². The standard InChI is InChI=1S/C17H25FN2/c1-2-14-6-3-4-11-20(14)17-8-5-7-16(18)15(17)12-19-13-9-10-13/h5,7-8,13-14,19H,2-4,6,9-12H2,1H3. The van der Waals surface area contributed by atoms with Crippen LogP contribution in [0.25, 0.3) is 0 Å². The number of nitrogens with zero attached hydrogens (tertiary/aromatic N) is 1. The van der Waals surface area contributed by atoms with Crippen molar-refractivity contribution in [3.05, 3.63) is 29.6 Å². The topological polar surface area (TPSA) is 15.3 Å². The fourth-order valence-corrected chi connectivity index (χ4v) is 3.27. The van der Waals surface area contributed by atoms with Gasteiger partial charge in [0.25, 0.3) is 0 Å². The van der Waals surface area contributed by atoms with Gasteiger partial charge in [-0.15, -0.1) is 0 Å². The van der Waals surface area contributed by atoms with Crippen molar-refractivity contribution in [3.8, 4) is 0 Å². The Balaban J connectivity index is 1.84. The minimum absolute atomic E-state index is 0.0592. The second-order valence-electron chi connectivity index (χ2n) is 6.14. The highest BCUT2D eigenvalue weighted by atomic mass is 19.1. The third-order valence-corrected chi connectivity index (χ3v) is 4.65. The molecular weight excluding hydrogens is 251 g/mol. The summed E-state index contributed by atoms with van der Waals surface area (Å²) in [5.41, 5.74) is 1.98. The summed E-state index contributed by atoms with van der Waals surface area (Å²) in [5, 5.41) is 3.46. The zero-order valence-corrected chi connectivity index (χ0v) is 12.4. The van der Waals surface area contributed by atoms with E-state index in [1.54, 1.807) is 6.07 Å². The van der Waals surface area contributed by atoms with Crippen LogP contribution in [0.2, 0.25) is 0 Å². The Morgan fingerprint density at radius 1 is 1.25 bits per heavy atom. The monoisotopic (exact) mass is 276 g/mol. The van der Waals surface area contributed by atoms with E-state index in [-0.39, 0.29) is 5.82 Å². The number of halogens is 1. The van der Waals surface area contributed by atoms with Gasteiger partial charge in [-0.25, -0.2) is 4.39 Å². The predicted octanol–water partition coefficient (Wildman–Crippen LogP) is 3.85. The van der Waals surface area contributed by atoms with Crippen LogP contribution in [0.5, 0.6) is 0 Å². The zero-order chi connectivity index (χ0) is 13.9. The first-order chi connectivity index (χ1) is 9.79.